The summed E-state index contributed by atoms with van der Waals surface area (Å²) in [7, 11) is 2.81. The van der Waals surface area contributed by atoms with Gasteiger partial charge in [0.05, 0.1) is 5.60 Å². The van der Waals surface area contributed by atoms with Gasteiger partial charge in [0.2, 0.25) is 11.8 Å². The van der Waals surface area contributed by atoms with E-state index in [9.17, 15) is 22.8 Å². The van der Waals surface area contributed by atoms with E-state index in [1.807, 2.05) is 0 Å². The summed E-state index contributed by atoms with van der Waals surface area (Å²) >= 11 is 0. The second-order valence-corrected chi connectivity index (χ2v) is 5.55. The van der Waals surface area contributed by atoms with Crippen molar-refractivity contribution in [2.24, 2.45) is 0 Å². The van der Waals surface area contributed by atoms with Crippen LogP contribution in [0.5, 0.6) is 0 Å². The number of likely N-dealkylation sites (N-methyl/N-ethyl adjacent to an activating group) is 1. The third kappa shape index (κ3) is 8.73. The van der Waals surface area contributed by atoms with Crippen LogP contribution in [0.1, 0.15) is 20.8 Å². The Balaban J connectivity index is 4.75. The average molecular weight is 298 g/mol. The molecule has 0 aromatic rings. The maximum Gasteiger partial charge on any atom is 0.406 e. The van der Waals surface area contributed by atoms with Crippen molar-refractivity contribution in [3.05, 3.63) is 0 Å². The molecule has 20 heavy (non-hydrogen) atoms. The highest BCUT2D eigenvalue weighted by Crippen LogP contribution is 2.17. The van der Waals surface area contributed by atoms with Crippen LogP contribution in [0, 0.1) is 0 Å². The largest absolute Gasteiger partial charge is 0.406 e. The van der Waals surface area contributed by atoms with Gasteiger partial charge in [0.25, 0.3) is 0 Å². The van der Waals surface area contributed by atoms with Crippen molar-refractivity contribution >= 4 is 11.8 Å². The van der Waals surface area contributed by atoms with E-state index in [4.69, 9.17) is 4.74 Å². The summed E-state index contributed by atoms with van der Waals surface area (Å²) in [5.74, 6) is -1.45. The fourth-order valence-corrected chi connectivity index (χ4v) is 1.12. The molecule has 0 atom stereocenters. The molecule has 0 saturated heterocycles. The Morgan fingerprint density at radius 3 is 1.90 bits per heavy atom. The van der Waals surface area contributed by atoms with Crippen LogP contribution in [0.4, 0.5) is 13.2 Å². The monoisotopic (exact) mass is 298 g/mol. The zero-order chi connectivity index (χ0) is 16.1. The van der Waals surface area contributed by atoms with Gasteiger partial charge in [-0.1, -0.05) is 0 Å². The SMILES string of the molecule is CN(C)C(=O)CN(CC(F)(F)F)C(=O)COC(C)(C)C. The van der Waals surface area contributed by atoms with Crippen LogP contribution in [-0.4, -0.2) is 67.2 Å². The van der Waals surface area contributed by atoms with Gasteiger partial charge in [-0.3, -0.25) is 9.59 Å². The van der Waals surface area contributed by atoms with E-state index in [1.54, 1.807) is 20.8 Å². The van der Waals surface area contributed by atoms with Crippen molar-refractivity contribution in [2.75, 3.05) is 33.8 Å². The standard InChI is InChI=1S/C12H21F3N2O3/c1-11(2,3)20-7-10(19)17(8-12(13,14)15)6-9(18)16(4)5/h6-8H2,1-5H3. The Morgan fingerprint density at radius 1 is 1.05 bits per heavy atom. The lowest BCUT2D eigenvalue weighted by atomic mass is 10.2. The number of hydrogen-bond donors (Lipinski definition) is 0. The minimum absolute atomic E-state index is 0.452. The van der Waals surface area contributed by atoms with Crippen LogP contribution in [0.2, 0.25) is 0 Å². The van der Waals surface area contributed by atoms with Crippen LogP contribution < -0.4 is 0 Å². The molecule has 0 rings (SSSR count). The number of nitrogens with zero attached hydrogens (tertiary/aromatic N) is 2. The number of carbonyl (C=O) groups is 2. The summed E-state index contributed by atoms with van der Waals surface area (Å²) in [5, 5.41) is 0. The second kappa shape index (κ2) is 6.92. The van der Waals surface area contributed by atoms with Crippen molar-refractivity contribution in [2.45, 2.75) is 32.5 Å². The van der Waals surface area contributed by atoms with Gasteiger partial charge in [0.15, 0.2) is 0 Å². The lowest BCUT2D eigenvalue weighted by Gasteiger charge is -2.26. The van der Waals surface area contributed by atoms with E-state index < -0.39 is 43.3 Å². The highest BCUT2D eigenvalue weighted by Gasteiger charge is 2.34. The van der Waals surface area contributed by atoms with E-state index in [-0.39, 0.29) is 0 Å². The van der Waals surface area contributed by atoms with Gasteiger partial charge in [-0.2, -0.15) is 13.2 Å². The third-order valence-electron chi connectivity index (χ3n) is 2.18. The summed E-state index contributed by atoms with van der Waals surface area (Å²) in [6.07, 6.45) is -4.57. The number of amides is 2. The molecule has 0 aliphatic rings. The summed E-state index contributed by atoms with van der Waals surface area (Å²) in [4.78, 5) is 24.8. The first-order valence-corrected chi connectivity index (χ1v) is 6.00. The zero-order valence-corrected chi connectivity index (χ0v) is 12.4. The fourth-order valence-electron chi connectivity index (χ4n) is 1.12. The number of rotatable bonds is 5. The quantitative estimate of drug-likeness (QED) is 0.768. The molecule has 0 heterocycles. The first-order chi connectivity index (χ1) is 8.82. The van der Waals surface area contributed by atoms with Crippen LogP contribution in [0.15, 0.2) is 0 Å². The molecule has 0 spiro atoms. The number of ether oxygens (including phenoxy) is 1. The van der Waals surface area contributed by atoms with Crippen LogP contribution in [0.25, 0.3) is 0 Å². The number of halogens is 3. The molecule has 0 aliphatic heterocycles. The molecule has 0 saturated carbocycles. The van der Waals surface area contributed by atoms with Crippen LogP contribution in [-0.2, 0) is 14.3 Å². The molecule has 0 N–H and O–H groups in total. The van der Waals surface area contributed by atoms with E-state index in [0.29, 0.717) is 4.90 Å². The molecule has 8 heteroatoms. The fraction of sp³-hybridized carbons (Fsp3) is 0.833. The summed E-state index contributed by atoms with van der Waals surface area (Å²) < 4.78 is 42.4. The van der Waals surface area contributed by atoms with Gasteiger partial charge in [0.1, 0.15) is 19.7 Å². The highest BCUT2D eigenvalue weighted by atomic mass is 19.4. The molecule has 118 valence electrons. The third-order valence-corrected chi connectivity index (χ3v) is 2.18. The molecule has 0 fully saturated rings. The predicted octanol–water partition coefficient (Wildman–Crippen LogP) is 1.28. The first kappa shape index (κ1) is 18.7. The Kier molecular flexibility index (Phi) is 6.46. The van der Waals surface area contributed by atoms with Gasteiger partial charge < -0.3 is 14.5 Å². The van der Waals surface area contributed by atoms with Gasteiger partial charge in [-0.15, -0.1) is 0 Å². The maximum atomic E-state index is 12.4. The number of hydrogen-bond acceptors (Lipinski definition) is 3. The minimum Gasteiger partial charge on any atom is -0.366 e. The Hall–Kier alpha value is -1.31. The topological polar surface area (TPSA) is 49.9 Å². The van der Waals surface area contributed by atoms with Gasteiger partial charge in [-0.05, 0) is 20.8 Å². The molecule has 0 unspecified atom stereocenters. The second-order valence-electron chi connectivity index (χ2n) is 5.55. The first-order valence-electron chi connectivity index (χ1n) is 6.00. The predicted molar refractivity (Wildman–Crippen MR) is 67.0 cm³/mol. The molecule has 0 aliphatic carbocycles. The van der Waals surface area contributed by atoms with Crippen molar-refractivity contribution in [1.82, 2.24) is 9.80 Å². The van der Waals surface area contributed by atoms with Crippen molar-refractivity contribution < 1.29 is 27.5 Å². The molecular weight excluding hydrogens is 277 g/mol. The maximum absolute atomic E-state index is 12.4. The number of alkyl halides is 3. The zero-order valence-electron chi connectivity index (χ0n) is 12.4. The van der Waals surface area contributed by atoms with Gasteiger partial charge in [0, 0.05) is 14.1 Å². The molecular formula is C12H21F3N2O3. The van der Waals surface area contributed by atoms with Crippen molar-refractivity contribution in [3.8, 4) is 0 Å². The van der Waals surface area contributed by atoms with Crippen molar-refractivity contribution in [3.63, 3.8) is 0 Å². The summed E-state index contributed by atoms with van der Waals surface area (Å²) in [6.45, 7) is 2.44. The lowest BCUT2D eigenvalue weighted by Crippen LogP contribution is -2.46. The van der Waals surface area contributed by atoms with E-state index in [2.05, 4.69) is 0 Å². The Labute approximate surface area is 116 Å². The van der Waals surface area contributed by atoms with Crippen molar-refractivity contribution in [1.29, 1.82) is 0 Å². The van der Waals surface area contributed by atoms with Gasteiger partial charge >= 0.3 is 6.18 Å². The molecule has 0 bridgehead atoms. The smallest absolute Gasteiger partial charge is 0.366 e. The van der Waals surface area contributed by atoms with Crippen LogP contribution >= 0.6 is 0 Å². The number of carbonyl (C=O) groups excluding carboxylic acids is 2. The molecule has 2 amide bonds. The van der Waals surface area contributed by atoms with E-state index in [1.165, 1.54) is 14.1 Å². The average Bonchev–Trinajstić information content (AvgIpc) is 2.21. The van der Waals surface area contributed by atoms with Crippen LogP contribution in [0.3, 0.4) is 0 Å². The Bertz CT molecular complexity index is 349. The summed E-state index contributed by atoms with van der Waals surface area (Å²) in [5.41, 5.74) is -0.648. The van der Waals surface area contributed by atoms with E-state index in [0.717, 1.165) is 4.90 Å². The van der Waals surface area contributed by atoms with E-state index >= 15 is 0 Å². The van der Waals surface area contributed by atoms with Gasteiger partial charge in [-0.25, -0.2) is 0 Å². The molecule has 0 radical (unpaired) electrons. The molecule has 0 aromatic carbocycles. The Morgan fingerprint density at radius 2 is 1.55 bits per heavy atom. The lowest BCUT2D eigenvalue weighted by molar-refractivity contribution is -0.168. The normalized spacial score (nSPS) is 12.2. The highest BCUT2D eigenvalue weighted by molar-refractivity contribution is 5.85. The summed E-state index contributed by atoms with van der Waals surface area (Å²) in [6, 6.07) is 0. The molecule has 0 aromatic heterocycles. The molecule has 5 nitrogen and oxygen atoms in total. The minimum atomic E-state index is -4.57.